The van der Waals surface area contributed by atoms with Crippen molar-refractivity contribution in [1.29, 1.82) is 0 Å². The fourth-order valence-electron chi connectivity index (χ4n) is 1.62. The first kappa shape index (κ1) is 13.5. The van der Waals surface area contributed by atoms with Crippen molar-refractivity contribution in [2.45, 2.75) is 26.5 Å². The zero-order valence-corrected chi connectivity index (χ0v) is 12.7. The van der Waals surface area contributed by atoms with Crippen molar-refractivity contribution in [3.05, 3.63) is 44.3 Å². The molecule has 0 aliphatic rings. The van der Waals surface area contributed by atoms with Crippen LogP contribution >= 0.6 is 27.3 Å². The van der Waals surface area contributed by atoms with Crippen molar-refractivity contribution in [2.75, 3.05) is 0 Å². The van der Waals surface area contributed by atoms with Gasteiger partial charge in [0.1, 0.15) is 17.4 Å². The van der Waals surface area contributed by atoms with Gasteiger partial charge in [0, 0.05) is 27.2 Å². The van der Waals surface area contributed by atoms with Crippen LogP contribution in [-0.4, -0.2) is 4.98 Å². The zero-order valence-electron chi connectivity index (χ0n) is 10.3. The molecule has 0 spiro atoms. The van der Waals surface area contributed by atoms with E-state index in [9.17, 15) is 0 Å². The van der Waals surface area contributed by atoms with Gasteiger partial charge in [0.2, 0.25) is 0 Å². The number of rotatable bonds is 4. The molecule has 0 saturated carbocycles. The molecule has 0 fully saturated rings. The molecular weight excluding hydrogens is 312 g/mol. The summed E-state index contributed by atoms with van der Waals surface area (Å²) in [6.45, 7) is 4.41. The second-order valence-corrected chi connectivity index (χ2v) is 6.00. The molecule has 1 atom stereocenters. The maximum Gasteiger partial charge on any atom is 0.140 e. The van der Waals surface area contributed by atoms with Gasteiger partial charge in [-0.25, -0.2) is 4.98 Å². The highest BCUT2D eigenvalue weighted by Crippen LogP contribution is 2.28. The molecule has 0 radical (unpaired) electrons. The van der Waals surface area contributed by atoms with Crippen LogP contribution in [0.2, 0.25) is 0 Å². The molecule has 2 aromatic rings. The molecule has 0 bridgehead atoms. The Kier molecular flexibility index (Phi) is 4.37. The average molecular weight is 327 g/mol. The first-order valence-corrected chi connectivity index (χ1v) is 7.32. The SMILES string of the molecule is Cc1csc(COc2cc(Br)ccc2[C@@H](C)N)n1. The zero-order chi connectivity index (χ0) is 13.1. The van der Waals surface area contributed by atoms with Gasteiger partial charge in [-0.2, -0.15) is 0 Å². The van der Waals surface area contributed by atoms with Gasteiger partial charge in [-0.1, -0.05) is 22.0 Å². The van der Waals surface area contributed by atoms with Crippen LogP contribution in [0.1, 0.15) is 29.2 Å². The molecule has 0 aliphatic heterocycles. The van der Waals surface area contributed by atoms with Crippen LogP contribution < -0.4 is 10.5 Å². The second-order valence-electron chi connectivity index (χ2n) is 4.14. The van der Waals surface area contributed by atoms with Gasteiger partial charge >= 0.3 is 0 Å². The van der Waals surface area contributed by atoms with E-state index in [1.807, 2.05) is 37.4 Å². The molecule has 2 N–H and O–H groups in total. The first-order chi connectivity index (χ1) is 8.56. The number of ether oxygens (including phenoxy) is 1. The van der Waals surface area contributed by atoms with E-state index in [1.54, 1.807) is 11.3 Å². The van der Waals surface area contributed by atoms with Gasteiger partial charge in [-0.3, -0.25) is 0 Å². The highest BCUT2D eigenvalue weighted by molar-refractivity contribution is 9.10. The summed E-state index contributed by atoms with van der Waals surface area (Å²) in [6.07, 6.45) is 0. The molecule has 96 valence electrons. The van der Waals surface area contributed by atoms with Crippen molar-refractivity contribution in [3.8, 4) is 5.75 Å². The Bertz CT molecular complexity index is 540. The predicted octanol–water partition coefficient (Wildman–Crippen LogP) is 3.81. The number of hydrogen-bond acceptors (Lipinski definition) is 4. The van der Waals surface area contributed by atoms with E-state index < -0.39 is 0 Å². The summed E-state index contributed by atoms with van der Waals surface area (Å²) < 4.78 is 6.80. The minimum absolute atomic E-state index is 0.0499. The van der Waals surface area contributed by atoms with Gasteiger partial charge < -0.3 is 10.5 Å². The summed E-state index contributed by atoms with van der Waals surface area (Å²) in [6, 6.07) is 5.85. The van der Waals surface area contributed by atoms with Crippen LogP contribution in [0.25, 0.3) is 0 Å². The van der Waals surface area contributed by atoms with Gasteiger partial charge in [0.25, 0.3) is 0 Å². The third kappa shape index (κ3) is 3.31. The number of halogens is 1. The van der Waals surface area contributed by atoms with E-state index in [-0.39, 0.29) is 6.04 Å². The van der Waals surface area contributed by atoms with Crippen molar-refractivity contribution < 1.29 is 4.74 Å². The Balaban J connectivity index is 2.15. The molecule has 1 heterocycles. The largest absolute Gasteiger partial charge is 0.486 e. The number of nitrogens with zero attached hydrogens (tertiary/aromatic N) is 1. The third-order valence-electron chi connectivity index (χ3n) is 2.48. The number of aryl methyl sites for hydroxylation is 1. The summed E-state index contributed by atoms with van der Waals surface area (Å²) in [5.41, 5.74) is 7.96. The summed E-state index contributed by atoms with van der Waals surface area (Å²) in [7, 11) is 0. The Morgan fingerprint density at radius 3 is 2.89 bits per heavy atom. The Labute approximate surface area is 119 Å². The molecule has 3 nitrogen and oxygen atoms in total. The fourth-order valence-corrected chi connectivity index (χ4v) is 2.64. The maximum absolute atomic E-state index is 5.93. The molecular formula is C13H15BrN2OS. The van der Waals surface area contributed by atoms with Crippen LogP contribution in [0.15, 0.2) is 28.1 Å². The third-order valence-corrected chi connectivity index (χ3v) is 3.92. The number of benzene rings is 1. The number of aromatic nitrogens is 1. The van der Waals surface area contributed by atoms with Crippen molar-refractivity contribution in [2.24, 2.45) is 5.73 Å². The Morgan fingerprint density at radius 1 is 1.50 bits per heavy atom. The normalized spacial score (nSPS) is 12.4. The smallest absolute Gasteiger partial charge is 0.140 e. The minimum Gasteiger partial charge on any atom is -0.486 e. The summed E-state index contributed by atoms with van der Waals surface area (Å²) in [5, 5.41) is 3.00. The van der Waals surface area contributed by atoms with E-state index in [4.69, 9.17) is 10.5 Å². The van der Waals surface area contributed by atoms with Crippen molar-refractivity contribution >= 4 is 27.3 Å². The highest BCUT2D eigenvalue weighted by Gasteiger charge is 2.09. The van der Waals surface area contributed by atoms with Gasteiger partial charge in [0.05, 0.1) is 0 Å². The predicted molar refractivity (Wildman–Crippen MR) is 77.9 cm³/mol. The topological polar surface area (TPSA) is 48.1 Å². The molecule has 2 rings (SSSR count). The average Bonchev–Trinajstić information content (AvgIpc) is 2.72. The van der Waals surface area contributed by atoms with Crippen LogP contribution in [0, 0.1) is 6.92 Å². The van der Waals surface area contributed by atoms with E-state index >= 15 is 0 Å². The van der Waals surface area contributed by atoms with Gasteiger partial charge in [0.15, 0.2) is 0 Å². The van der Waals surface area contributed by atoms with Gasteiger partial charge in [-0.15, -0.1) is 11.3 Å². The second kappa shape index (κ2) is 5.82. The first-order valence-electron chi connectivity index (χ1n) is 5.65. The quantitative estimate of drug-likeness (QED) is 0.929. The molecule has 5 heteroatoms. The lowest BCUT2D eigenvalue weighted by atomic mass is 10.1. The highest BCUT2D eigenvalue weighted by atomic mass is 79.9. The van der Waals surface area contributed by atoms with Crippen LogP contribution in [0.5, 0.6) is 5.75 Å². The molecule has 1 aromatic heterocycles. The lowest BCUT2D eigenvalue weighted by molar-refractivity contribution is 0.300. The minimum atomic E-state index is -0.0499. The molecule has 18 heavy (non-hydrogen) atoms. The fraction of sp³-hybridized carbons (Fsp3) is 0.308. The molecule has 0 aliphatic carbocycles. The van der Waals surface area contributed by atoms with E-state index in [1.165, 1.54) is 0 Å². The van der Waals surface area contributed by atoms with E-state index in [2.05, 4.69) is 20.9 Å². The molecule has 0 unspecified atom stereocenters. The summed E-state index contributed by atoms with van der Waals surface area (Å²) in [4.78, 5) is 4.37. The molecule has 0 amide bonds. The van der Waals surface area contributed by atoms with Crippen molar-refractivity contribution in [3.63, 3.8) is 0 Å². The van der Waals surface area contributed by atoms with E-state index in [0.29, 0.717) is 6.61 Å². The van der Waals surface area contributed by atoms with Crippen LogP contribution in [-0.2, 0) is 6.61 Å². The molecule has 0 saturated heterocycles. The van der Waals surface area contributed by atoms with Gasteiger partial charge in [-0.05, 0) is 26.0 Å². The lowest BCUT2D eigenvalue weighted by Crippen LogP contribution is -2.08. The lowest BCUT2D eigenvalue weighted by Gasteiger charge is -2.13. The Morgan fingerprint density at radius 2 is 2.28 bits per heavy atom. The maximum atomic E-state index is 5.93. The number of thiazole rings is 1. The monoisotopic (exact) mass is 326 g/mol. The van der Waals surface area contributed by atoms with Crippen LogP contribution in [0.3, 0.4) is 0 Å². The number of nitrogens with two attached hydrogens (primary N) is 1. The summed E-state index contributed by atoms with van der Waals surface area (Å²) in [5.74, 6) is 0.812. The van der Waals surface area contributed by atoms with Crippen molar-refractivity contribution in [1.82, 2.24) is 4.98 Å². The van der Waals surface area contributed by atoms with Crippen LogP contribution in [0.4, 0.5) is 0 Å². The molecule has 1 aromatic carbocycles. The number of hydrogen-bond donors (Lipinski definition) is 1. The van der Waals surface area contributed by atoms with E-state index in [0.717, 1.165) is 26.5 Å². The Hall–Kier alpha value is -0.910. The summed E-state index contributed by atoms with van der Waals surface area (Å²) >= 11 is 5.05. The standard InChI is InChI=1S/C13H15BrN2OS/c1-8-7-18-13(16-8)6-17-12-5-10(14)3-4-11(12)9(2)15/h3-5,7,9H,6,15H2,1-2H3/t9-/m1/s1.